The Bertz CT molecular complexity index is 2090. The van der Waals surface area contributed by atoms with Gasteiger partial charge in [-0.1, -0.05) is 42.2 Å². The summed E-state index contributed by atoms with van der Waals surface area (Å²) in [6, 6.07) is 21.4. The van der Waals surface area contributed by atoms with Crippen LogP contribution in [0.1, 0.15) is 40.1 Å². The maximum Gasteiger partial charge on any atom is 0.362 e. The Balaban J connectivity index is 1.47. The van der Waals surface area contributed by atoms with Gasteiger partial charge in [0, 0.05) is 40.8 Å². The van der Waals surface area contributed by atoms with Gasteiger partial charge in [0.1, 0.15) is 12.4 Å². The molecule has 0 saturated carbocycles. The van der Waals surface area contributed by atoms with Gasteiger partial charge in [-0.05, 0) is 47.6 Å². The van der Waals surface area contributed by atoms with Crippen molar-refractivity contribution in [2.75, 3.05) is 12.8 Å². The van der Waals surface area contributed by atoms with Crippen LogP contribution in [0.3, 0.4) is 0 Å². The van der Waals surface area contributed by atoms with Gasteiger partial charge in [-0.25, -0.2) is 10.1 Å². The third kappa shape index (κ3) is 4.80. The molecule has 6 rings (SSSR count). The number of nitrogens with two attached hydrogens (primary N) is 1. The second kappa shape index (κ2) is 10.9. The highest BCUT2D eigenvalue weighted by molar-refractivity contribution is 6.03. The number of ether oxygens (including phenoxy) is 1. The number of nitrogens with one attached hydrogen (secondary N) is 2. The summed E-state index contributed by atoms with van der Waals surface area (Å²) in [4.78, 5) is 36.1. The highest BCUT2D eigenvalue weighted by Gasteiger charge is 2.27. The fourth-order valence-corrected chi connectivity index (χ4v) is 4.91. The first-order valence-electron chi connectivity index (χ1n) is 13.2. The number of aromatic amines is 1. The van der Waals surface area contributed by atoms with Crippen molar-refractivity contribution < 1.29 is 14.0 Å². The first-order chi connectivity index (χ1) is 20.4. The quantitative estimate of drug-likeness (QED) is 0.221. The summed E-state index contributed by atoms with van der Waals surface area (Å²) in [5, 5.41) is 7.10. The number of rotatable bonds is 5. The molecule has 4 aromatic heterocycles. The van der Waals surface area contributed by atoms with Gasteiger partial charge < -0.3 is 15.8 Å². The molecule has 2 aromatic carbocycles. The van der Waals surface area contributed by atoms with Crippen molar-refractivity contribution in [3.05, 3.63) is 124 Å². The Hall–Kier alpha value is -5.95. The Morgan fingerprint density at radius 3 is 2.69 bits per heavy atom. The molecule has 0 saturated heterocycles. The van der Waals surface area contributed by atoms with Crippen LogP contribution in [0.2, 0.25) is 0 Å². The number of fused-ring (bicyclic) bond motifs is 2. The molecular formula is C32H26N7O3+. The molecule has 0 fully saturated rings. The minimum Gasteiger partial charge on any atom is -0.481 e. The van der Waals surface area contributed by atoms with Crippen LogP contribution in [0, 0.1) is 11.8 Å². The van der Waals surface area contributed by atoms with E-state index >= 15 is 0 Å². The summed E-state index contributed by atoms with van der Waals surface area (Å²) in [6.07, 6.45) is 4.93. The van der Waals surface area contributed by atoms with Crippen molar-refractivity contribution in [1.29, 1.82) is 0 Å². The molecule has 6 aromatic rings. The number of hydrogen-bond donors (Lipinski definition) is 3. The Labute approximate surface area is 240 Å². The molecule has 10 nitrogen and oxygen atoms in total. The maximum atomic E-state index is 14.2. The molecule has 0 spiro atoms. The van der Waals surface area contributed by atoms with E-state index in [1.165, 1.54) is 0 Å². The van der Waals surface area contributed by atoms with Crippen molar-refractivity contribution in [3.8, 4) is 23.4 Å². The second-order valence-electron chi connectivity index (χ2n) is 9.56. The lowest BCUT2D eigenvalue weighted by Crippen LogP contribution is -2.33. The number of hydrogen-bond acceptors (Lipinski definition) is 6. The van der Waals surface area contributed by atoms with E-state index in [-0.39, 0.29) is 16.9 Å². The zero-order chi connectivity index (χ0) is 29.2. The van der Waals surface area contributed by atoms with E-state index in [0.717, 1.165) is 0 Å². The molecular weight excluding hydrogens is 530 g/mol. The molecule has 1 amide bonds. The first-order valence-corrected chi connectivity index (χ1v) is 13.2. The van der Waals surface area contributed by atoms with E-state index in [4.69, 9.17) is 10.5 Å². The lowest BCUT2D eigenvalue weighted by Gasteiger charge is -2.21. The van der Waals surface area contributed by atoms with E-state index in [9.17, 15) is 9.59 Å². The van der Waals surface area contributed by atoms with E-state index in [0.29, 0.717) is 44.8 Å². The van der Waals surface area contributed by atoms with Gasteiger partial charge in [-0.3, -0.25) is 14.2 Å². The molecule has 4 N–H and O–H groups in total. The molecule has 4 heterocycles. The van der Waals surface area contributed by atoms with Gasteiger partial charge in [0.2, 0.25) is 5.88 Å². The molecule has 10 heteroatoms. The van der Waals surface area contributed by atoms with Gasteiger partial charge >= 0.3 is 5.65 Å². The number of nitrogen functional groups attached to an aromatic ring is 1. The van der Waals surface area contributed by atoms with Crippen LogP contribution >= 0.6 is 0 Å². The van der Waals surface area contributed by atoms with Gasteiger partial charge in [-0.15, -0.1) is 4.52 Å². The number of anilines is 1. The molecule has 1 unspecified atom stereocenters. The fourth-order valence-electron chi connectivity index (χ4n) is 4.91. The van der Waals surface area contributed by atoms with Gasteiger partial charge in [-0.2, -0.15) is 0 Å². The summed E-state index contributed by atoms with van der Waals surface area (Å²) in [5.74, 6) is 6.49. The highest BCUT2D eigenvalue weighted by Crippen LogP contribution is 2.24. The second-order valence-corrected chi connectivity index (χ2v) is 9.56. The summed E-state index contributed by atoms with van der Waals surface area (Å²) in [6.45, 7) is 1.82. The van der Waals surface area contributed by atoms with Gasteiger partial charge in [0.05, 0.1) is 18.5 Å². The van der Waals surface area contributed by atoms with Crippen molar-refractivity contribution in [2.24, 2.45) is 0 Å². The van der Waals surface area contributed by atoms with Crippen LogP contribution in [0.4, 0.5) is 5.82 Å². The topological polar surface area (TPSA) is 132 Å². The lowest BCUT2D eigenvalue weighted by atomic mass is 10.0. The third-order valence-corrected chi connectivity index (χ3v) is 6.87. The number of nitrogens with zero attached hydrogens (tertiary/aromatic N) is 4. The number of para-hydroxylation sites is 1. The summed E-state index contributed by atoms with van der Waals surface area (Å²) >= 11 is 0. The van der Waals surface area contributed by atoms with E-state index in [1.807, 2.05) is 61.5 Å². The van der Waals surface area contributed by atoms with Crippen LogP contribution < -0.4 is 25.9 Å². The summed E-state index contributed by atoms with van der Waals surface area (Å²) in [7, 11) is 1.54. The maximum absolute atomic E-state index is 14.2. The average Bonchev–Trinajstić information content (AvgIpc) is 3.36. The molecule has 0 aliphatic heterocycles. The van der Waals surface area contributed by atoms with Crippen molar-refractivity contribution in [1.82, 2.24) is 25.0 Å². The van der Waals surface area contributed by atoms with Crippen LogP contribution in [-0.2, 0) is 0 Å². The normalized spacial score (nSPS) is 11.6. The Morgan fingerprint density at radius 1 is 1.05 bits per heavy atom. The van der Waals surface area contributed by atoms with Crippen LogP contribution in [0.15, 0.2) is 96.2 Å². The number of benzene rings is 2. The standard InChI is InChI=1S/C32H25N7O3/c1-20(36-31(40)28-29(33)37-38-17-7-15-35-30(28)38)25-19-23-9-6-8-22(13-12-21-14-16-34-26(18-21)42-2)27(23)32(41)39(25)24-10-4-3-5-11-24/h3-11,14-20H,1-2H3,(H3,33,36,37,40)/p+1. The predicted octanol–water partition coefficient (Wildman–Crippen LogP) is 3.33. The molecule has 1 atom stereocenters. The number of carbonyl (C=O) groups is 1. The predicted molar refractivity (Wildman–Crippen MR) is 158 cm³/mol. The molecule has 42 heavy (non-hydrogen) atoms. The van der Waals surface area contributed by atoms with E-state index in [2.05, 4.69) is 32.2 Å². The van der Waals surface area contributed by atoms with Gasteiger partial charge in [0.15, 0.2) is 11.4 Å². The fraction of sp³-hybridized carbons (Fsp3) is 0.0938. The molecule has 0 aliphatic carbocycles. The van der Waals surface area contributed by atoms with Crippen molar-refractivity contribution in [2.45, 2.75) is 13.0 Å². The largest absolute Gasteiger partial charge is 0.481 e. The number of amides is 1. The SMILES string of the molecule is COc1cc(C#Cc2cccc3cc(C(C)NC(=O)c4c(N)[nH][n+]5cccnc45)n(-c4ccccc4)c(=O)c23)ccn1. The minimum absolute atomic E-state index is 0.187. The Kier molecular flexibility index (Phi) is 6.82. The van der Waals surface area contributed by atoms with Crippen molar-refractivity contribution >= 4 is 28.1 Å². The first kappa shape index (κ1) is 26.3. The molecule has 0 aliphatic rings. The van der Waals surface area contributed by atoms with E-state index in [1.54, 1.807) is 53.0 Å². The van der Waals surface area contributed by atoms with Crippen molar-refractivity contribution in [3.63, 3.8) is 0 Å². The summed E-state index contributed by atoms with van der Waals surface area (Å²) in [5.41, 5.74) is 9.04. The number of methoxy groups -OCH3 is 1. The Morgan fingerprint density at radius 2 is 1.88 bits per heavy atom. The zero-order valence-corrected chi connectivity index (χ0v) is 22.8. The number of H-pyrrole nitrogens is 1. The third-order valence-electron chi connectivity index (χ3n) is 6.87. The smallest absolute Gasteiger partial charge is 0.362 e. The summed E-state index contributed by atoms with van der Waals surface area (Å²) < 4.78 is 8.39. The number of carbonyl (C=O) groups excluding carboxylic acids is 1. The molecule has 206 valence electrons. The minimum atomic E-state index is -0.577. The lowest BCUT2D eigenvalue weighted by molar-refractivity contribution is -0.577. The number of aromatic nitrogens is 5. The highest BCUT2D eigenvalue weighted by atomic mass is 16.5. The van der Waals surface area contributed by atoms with Crippen LogP contribution in [0.25, 0.3) is 22.1 Å². The zero-order valence-electron chi connectivity index (χ0n) is 22.8. The molecule has 0 radical (unpaired) electrons. The van der Waals surface area contributed by atoms with Crippen LogP contribution in [0.5, 0.6) is 5.88 Å². The monoisotopic (exact) mass is 556 g/mol. The number of pyridine rings is 2. The van der Waals surface area contributed by atoms with E-state index < -0.39 is 11.9 Å². The average molecular weight is 557 g/mol. The van der Waals surface area contributed by atoms with Crippen LogP contribution in [-0.4, -0.2) is 32.7 Å². The van der Waals surface area contributed by atoms with Gasteiger partial charge in [0.25, 0.3) is 11.5 Å². The molecule has 0 bridgehead atoms.